The summed E-state index contributed by atoms with van der Waals surface area (Å²) in [5.41, 5.74) is 0.389. The highest BCUT2D eigenvalue weighted by molar-refractivity contribution is 5.85. The van der Waals surface area contributed by atoms with Crippen LogP contribution in [0.1, 0.15) is 21.3 Å². The maximum atomic E-state index is 9.86. The standard InChI is InChI=1S/C5H8O2.CH4/c1-3-4(2)5(6)7;/h3H,1-2H3,(H,6,7);1H4. The number of carboxylic acid groups (broad SMARTS) is 1. The van der Waals surface area contributed by atoms with Crippen molar-refractivity contribution >= 4 is 5.97 Å². The zero-order chi connectivity index (χ0) is 5.86. The molecule has 0 amide bonds. The number of rotatable bonds is 1. The van der Waals surface area contributed by atoms with Gasteiger partial charge in [0.05, 0.1) is 0 Å². The first-order chi connectivity index (χ1) is 3.18. The van der Waals surface area contributed by atoms with E-state index in [2.05, 4.69) is 0 Å². The molecule has 0 rings (SSSR count). The number of hydrogen-bond acceptors (Lipinski definition) is 1. The van der Waals surface area contributed by atoms with Crippen molar-refractivity contribution in [3.63, 3.8) is 0 Å². The summed E-state index contributed by atoms with van der Waals surface area (Å²) in [6, 6.07) is 0. The molecule has 0 saturated carbocycles. The summed E-state index contributed by atoms with van der Waals surface area (Å²) in [5.74, 6) is -0.845. The lowest BCUT2D eigenvalue weighted by atomic mass is 10.3. The predicted octanol–water partition coefficient (Wildman–Crippen LogP) is 1.67. The lowest BCUT2D eigenvalue weighted by Gasteiger charge is -1.84. The van der Waals surface area contributed by atoms with Crippen LogP contribution in [0.25, 0.3) is 0 Å². The number of allylic oxidation sites excluding steroid dienone is 1. The molecule has 2 nitrogen and oxygen atoms in total. The monoisotopic (exact) mass is 116 g/mol. The van der Waals surface area contributed by atoms with E-state index in [4.69, 9.17) is 5.11 Å². The normalized spacial score (nSPS) is 10.0. The summed E-state index contributed by atoms with van der Waals surface area (Å²) >= 11 is 0. The van der Waals surface area contributed by atoms with E-state index in [0.29, 0.717) is 5.57 Å². The van der Waals surface area contributed by atoms with Gasteiger partial charge in [0.1, 0.15) is 0 Å². The number of aliphatic carboxylic acids is 1. The van der Waals surface area contributed by atoms with Crippen molar-refractivity contribution in [3.8, 4) is 0 Å². The summed E-state index contributed by atoms with van der Waals surface area (Å²) in [6.45, 7) is 3.26. The van der Waals surface area contributed by atoms with Gasteiger partial charge in [-0.3, -0.25) is 0 Å². The Balaban J connectivity index is 0. The minimum atomic E-state index is -0.845. The van der Waals surface area contributed by atoms with Crippen molar-refractivity contribution in [1.29, 1.82) is 0 Å². The summed E-state index contributed by atoms with van der Waals surface area (Å²) < 4.78 is 0. The van der Waals surface area contributed by atoms with Gasteiger partial charge in [-0.25, -0.2) is 4.79 Å². The summed E-state index contributed by atoms with van der Waals surface area (Å²) in [6.07, 6.45) is 1.56. The third kappa shape index (κ3) is 3.40. The average Bonchev–Trinajstić information content (AvgIpc) is 1.65. The molecule has 8 heavy (non-hydrogen) atoms. The van der Waals surface area contributed by atoms with Crippen LogP contribution in [0.3, 0.4) is 0 Å². The van der Waals surface area contributed by atoms with Crippen LogP contribution in [0.5, 0.6) is 0 Å². The Bertz CT molecular complexity index is 103. The third-order valence-electron chi connectivity index (χ3n) is 0.770. The molecule has 0 aromatic rings. The smallest absolute Gasteiger partial charge is 0.330 e. The van der Waals surface area contributed by atoms with E-state index in [-0.39, 0.29) is 7.43 Å². The van der Waals surface area contributed by atoms with E-state index >= 15 is 0 Å². The molecule has 0 aromatic carbocycles. The van der Waals surface area contributed by atoms with Crippen molar-refractivity contribution < 1.29 is 9.90 Å². The molecule has 0 bridgehead atoms. The molecule has 0 unspecified atom stereocenters. The first-order valence-electron chi connectivity index (χ1n) is 2.04. The predicted molar refractivity (Wildman–Crippen MR) is 33.8 cm³/mol. The van der Waals surface area contributed by atoms with Crippen LogP contribution in [-0.2, 0) is 4.79 Å². The maximum Gasteiger partial charge on any atom is 0.330 e. The molecule has 0 aromatic heterocycles. The Kier molecular flexibility index (Phi) is 5.60. The topological polar surface area (TPSA) is 37.3 Å². The largest absolute Gasteiger partial charge is 0.478 e. The Hall–Kier alpha value is -0.790. The molecule has 1 N–H and O–H groups in total. The third-order valence-corrected chi connectivity index (χ3v) is 0.770. The second kappa shape index (κ2) is 4.37. The number of carbonyl (C=O) groups is 1. The quantitative estimate of drug-likeness (QED) is 0.529. The van der Waals surface area contributed by atoms with E-state index in [1.54, 1.807) is 19.9 Å². The van der Waals surface area contributed by atoms with Gasteiger partial charge in [0.25, 0.3) is 0 Å². The zero-order valence-corrected chi connectivity index (χ0v) is 4.43. The lowest BCUT2D eigenvalue weighted by molar-refractivity contribution is -0.132. The average molecular weight is 116 g/mol. The first-order valence-corrected chi connectivity index (χ1v) is 2.04. The van der Waals surface area contributed by atoms with Crippen LogP contribution in [0.2, 0.25) is 0 Å². The maximum absolute atomic E-state index is 9.86. The van der Waals surface area contributed by atoms with Gasteiger partial charge >= 0.3 is 5.97 Å². The van der Waals surface area contributed by atoms with Crippen molar-refractivity contribution in [3.05, 3.63) is 11.6 Å². The zero-order valence-electron chi connectivity index (χ0n) is 4.43. The molecule has 0 aliphatic heterocycles. The van der Waals surface area contributed by atoms with Gasteiger partial charge in [0.15, 0.2) is 0 Å². The minimum Gasteiger partial charge on any atom is -0.478 e. The molecular formula is C6H12O2. The van der Waals surface area contributed by atoms with Gasteiger partial charge in [0, 0.05) is 5.57 Å². The van der Waals surface area contributed by atoms with Crippen LogP contribution in [0, 0.1) is 0 Å². The fourth-order valence-electron chi connectivity index (χ4n) is 0.123. The number of carboxylic acids is 1. The Labute approximate surface area is 49.8 Å². The molecule has 0 heterocycles. The molecule has 0 radical (unpaired) electrons. The molecular weight excluding hydrogens is 104 g/mol. The van der Waals surface area contributed by atoms with E-state index in [9.17, 15) is 4.79 Å². The summed E-state index contributed by atoms with van der Waals surface area (Å²) in [4.78, 5) is 9.86. The molecule has 0 saturated heterocycles. The second-order valence-corrected chi connectivity index (χ2v) is 1.28. The van der Waals surface area contributed by atoms with Crippen LogP contribution in [-0.4, -0.2) is 11.1 Å². The van der Waals surface area contributed by atoms with E-state index in [0.717, 1.165) is 0 Å². The molecule has 48 valence electrons. The molecule has 2 heteroatoms. The van der Waals surface area contributed by atoms with Crippen LogP contribution in [0.15, 0.2) is 11.6 Å². The van der Waals surface area contributed by atoms with Gasteiger partial charge in [0.2, 0.25) is 0 Å². The lowest BCUT2D eigenvalue weighted by Crippen LogP contribution is -1.93. The molecule has 0 spiro atoms. The van der Waals surface area contributed by atoms with E-state index < -0.39 is 5.97 Å². The van der Waals surface area contributed by atoms with Gasteiger partial charge in [-0.15, -0.1) is 0 Å². The highest BCUT2D eigenvalue weighted by Gasteiger charge is 1.93. The molecule has 0 atom stereocenters. The molecule has 0 aliphatic rings. The summed E-state index contributed by atoms with van der Waals surface area (Å²) in [7, 11) is 0. The Morgan fingerprint density at radius 1 is 1.62 bits per heavy atom. The van der Waals surface area contributed by atoms with Crippen molar-refractivity contribution in [1.82, 2.24) is 0 Å². The van der Waals surface area contributed by atoms with Crippen molar-refractivity contribution in [2.24, 2.45) is 0 Å². The van der Waals surface area contributed by atoms with Gasteiger partial charge in [-0.2, -0.15) is 0 Å². The highest BCUT2D eigenvalue weighted by atomic mass is 16.4. The highest BCUT2D eigenvalue weighted by Crippen LogP contribution is 1.87. The van der Waals surface area contributed by atoms with Crippen LogP contribution < -0.4 is 0 Å². The summed E-state index contributed by atoms with van der Waals surface area (Å²) in [5, 5.41) is 8.11. The van der Waals surface area contributed by atoms with Crippen LogP contribution in [0.4, 0.5) is 0 Å². The van der Waals surface area contributed by atoms with Crippen molar-refractivity contribution in [2.75, 3.05) is 0 Å². The molecule has 0 fully saturated rings. The Morgan fingerprint density at radius 3 is 2.00 bits per heavy atom. The van der Waals surface area contributed by atoms with Gasteiger partial charge in [-0.1, -0.05) is 13.5 Å². The molecule has 0 aliphatic carbocycles. The first kappa shape index (κ1) is 10.2. The van der Waals surface area contributed by atoms with Crippen LogP contribution >= 0.6 is 0 Å². The van der Waals surface area contributed by atoms with Crippen molar-refractivity contribution in [2.45, 2.75) is 21.3 Å². The Morgan fingerprint density at radius 2 is 2.00 bits per heavy atom. The van der Waals surface area contributed by atoms with E-state index in [1.165, 1.54) is 0 Å². The van der Waals surface area contributed by atoms with Gasteiger partial charge in [-0.05, 0) is 13.8 Å². The van der Waals surface area contributed by atoms with E-state index in [1.807, 2.05) is 0 Å². The minimum absolute atomic E-state index is 0. The number of hydrogen-bond donors (Lipinski definition) is 1. The second-order valence-electron chi connectivity index (χ2n) is 1.28. The fraction of sp³-hybridized carbons (Fsp3) is 0.500. The van der Waals surface area contributed by atoms with Gasteiger partial charge < -0.3 is 5.11 Å². The fourth-order valence-corrected chi connectivity index (χ4v) is 0.123. The SMILES string of the molecule is C.CC=C(C)C(=O)O.